The van der Waals surface area contributed by atoms with E-state index in [1.165, 1.54) is 14.2 Å². The molecule has 302 valence electrons. The Hall–Kier alpha value is -5.70. The van der Waals surface area contributed by atoms with Crippen LogP contribution in [0.2, 0.25) is 0 Å². The number of nitrogens with one attached hydrogen (secondary N) is 3. The zero-order chi connectivity index (χ0) is 40.5. The first kappa shape index (κ1) is 39.5. The average Bonchev–Trinajstić information content (AvgIpc) is 4.02. The summed E-state index contributed by atoms with van der Waals surface area (Å²) in [4.78, 5) is 72.2. The summed E-state index contributed by atoms with van der Waals surface area (Å²) in [5, 5.41) is 12.3. The van der Waals surface area contributed by atoms with Crippen LogP contribution in [0.1, 0.15) is 88.2 Å². The normalized spacial score (nSPS) is 18.9. The molecule has 0 bridgehead atoms. The van der Waals surface area contributed by atoms with E-state index in [1.807, 2.05) is 33.9 Å². The number of amides is 4. The number of fused-ring (bicyclic) bond motifs is 3. The van der Waals surface area contributed by atoms with Gasteiger partial charge in [-0.05, 0) is 77.5 Å². The molecule has 2 aromatic carbocycles. The van der Waals surface area contributed by atoms with Gasteiger partial charge >= 0.3 is 12.2 Å². The lowest BCUT2D eigenvalue weighted by molar-refractivity contribution is -0.138. The van der Waals surface area contributed by atoms with Gasteiger partial charge in [0.05, 0.1) is 50.0 Å². The number of alkyl carbamates (subject to hydrolysis) is 1. The average molecular weight is 781 g/mol. The van der Waals surface area contributed by atoms with E-state index in [0.29, 0.717) is 38.0 Å². The summed E-state index contributed by atoms with van der Waals surface area (Å²) in [5.74, 6) is 0.740. The van der Waals surface area contributed by atoms with Gasteiger partial charge in [0, 0.05) is 31.9 Å². The lowest BCUT2D eigenvalue weighted by Crippen LogP contribution is -2.51. The summed E-state index contributed by atoms with van der Waals surface area (Å²) in [6.45, 7) is 9.49. The largest absolute Gasteiger partial charge is 0.465 e. The van der Waals surface area contributed by atoms with E-state index in [2.05, 4.69) is 51.7 Å². The molecule has 3 aliphatic rings. The number of hydrogen-bond donors (Lipinski definition) is 4. The van der Waals surface area contributed by atoms with Gasteiger partial charge in [-0.3, -0.25) is 14.5 Å². The predicted molar refractivity (Wildman–Crippen MR) is 211 cm³/mol. The van der Waals surface area contributed by atoms with E-state index in [0.717, 1.165) is 75.4 Å². The predicted octanol–water partition coefficient (Wildman–Crippen LogP) is 6.51. The van der Waals surface area contributed by atoms with Gasteiger partial charge in [0.2, 0.25) is 11.8 Å². The molecule has 4 atom stereocenters. The van der Waals surface area contributed by atoms with Crippen molar-refractivity contribution in [2.24, 2.45) is 11.8 Å². The number of ether oxygens (including phenoxy) is 2. The molecule has 57 heavy (non-hydrogen) atoms. The second-order valence-corrected chi connectivity index (χ2v) is 15.9. The summed E-state index contributed by atoms with van der Waals surface area (Å²) >= 11 is 0. The Balaban J connectivity index is 1.08. The van der Waals surface area contributed by atoms with Crippen LogP contribution in [-0.2, 0) is 32.3 Å². The minimum atomic E-state index is -1.13. The zero-order valence-corrected chi connectivity index (χ0v) is 33.4. The topological polar surface area (TPSA) is 186 Å². The molecule has 0 unspecified atom stereocenters. The van der Waals surface area contributed by atoms with Gasteiger partial charge in [-0.1, -0.05) is 52.0 Å². The number of carboxylic acid groups (broad SMARTS) is 1. The van der Waals surface area contributed by atoms with Gasteiger partial charge in [-0.25, -0.2) is 19.6 Å². The van der Waals surface area contributed by atoms with E-state index >= 15 is 0 Å². The molecule has 2 fully saturated rings. The van der Waals surface area contributed by atoms with Crippen molar-refractivity contribution in [3.05, 3.63) is 71.6 Å². The second kappa shape index (κ2) is 16.4. The molecular formula is C42H52N8O7. The van der Waals surface area contributed by atoms with Crippen molar-refractivity contribution < 1.29 is 33.8 Å². The number of hydrogen-bond acceptors (Lipinski definition) is 8. The molecule has 0 saturated carbocycles. The number of carbonyl (C=O) groups is 4. The Morgan fingerprint density at radius 3 is 2.12 bits per heavy atom. The number of H-pyrrole nitrogens is 2. The molecule has 15 nitrogen and oxygen atoms in total. The fourth-order valence-corrected chi connectivity index (χ4v) is 8.55. The van der Waals surface area contributed by atoms with Gasteiger partial charge in [0.15, 0.2) is 0 Å². The van der Waals surface area contributed by atoms with E-state index in [9.17, 15) is 24.3 Å². The van der Waals surface area contributed by atoms with Crippen LogP contribution in [0.4, 0.5) is 9.59 Å². The third-order valence-corrected chi connectivity index (χ3v) is 11.5. The van der Waals surface area contributed by atoms with Crippen molar-refractivity contribution in [1.82, 2.24) is 40.0 Å². The Bertz CT molecular complexity index is 2140. The fraction of sp³-hybridized carbons (Fsp3) is 0.476. The van der Waals surface area contributed by atoms with Crippen LogP contribution in [-0.4, -0.2) is 103 Å². The van der Waals surface area contributed by atoms with Gasteiger partial charge < -0.3 is 39.7 Å². The Morgan fingerprint density at radius 2 is 1.51 bits per heavy atom. The highest BCUT2D eigenvalue weighted by atomic mass is 16.5. The molecule has 4 N–H and O–H groups in total. The number of nitrogens with zero attached hydrogens (tertiary/aromatic N) is 5. The number of likely N-dealkylation sites (tertiary alicyclic amines) is 2. The Morgan fingerprint density at radius 1 is 0.895 bits per heavy atom. The first-order valence-electron chi connectivity index (χ1n) is 19.7. The molecule has 0 aliphatic carbocycles. The number of carbonyl (C=O) groups excluding carboxylic acids is 3. The van der Waals surface area contributed by atoms with Crippen molar-refractivity contribution in [3.63, 3.8) is 0 Å². The highest BCUT2D eigenvalue weighted by Crippen LogP contribution is 2.38. The zero-order valence-electron chi connectivity index (χ0n) is 33.4. The summed E-state index contributed by atoms with van der Waals surface area (Å²) in [6, 6.07) is 10.6. The number of aromatic nitrogens is 4. The van der Waals surface area contributed by atoms with Crippen LogP contribution in [0.15, 0.2) is 48.8 Å². The van der Waals surface area contributed by atoms with Gasteiger partial charge in [0.1, 0.15) is 23.7 Å². The molecule has 15 heteroatoms. The van der Waals surface area contributed by atoms with Crippen LogP contribution in [0, 0.1) is 11.8 Å². The van der Waals surface area contributed by atoms with Crippen LogP contribution in [0.25, 0.3) is 33.6 Å². The molecule has 7 rings (SSSR count). The fourth-order valence-electron chi connectivity index (χ4n) is 8.55. The molecule has 5 heterocycles. The Kier molecular flexibility index (Phi) is 11.4. The molecule has 4 aromatic rings. The maximum absolute atomic E-state index is 13.7. The number of methoxy groups -OCH3 is 1. The van der Waals surface area contributed by atoms with Gasteiger partial charge in [0.25, 0.3) is 0 Å². The first-order valence-corrected chi connectivity index (χ1v) is 19.7. The number of rotatable bonds is 10. The minimum Gasteiger partial charge on any atom is -0.465 e. The third-order valence-electron chi connectivity index (χ3n) is 11.5. The van der Waals surface area contributed by atoms with Crippen molar-refractivity contribution in [1.29, 1.82) is 0 Å². The molecule has 3 aliphatic heterocycles. The number of aromatic amines is 2. The van der Waals surface area contributed by atoms with Crippen molar-refractivity contribution in [3.8, 4) is 33.6 Å². The summed E-state index contributed by atoms with van der Waals surface area (Å²) < 4.78 is 11.0. The number of imidazole rings is 2. The SMILES string of the molecule is COC(=O)N[C@H](C(=O)N1CCC[C@H]1c1nc(-c2ccc3c(c2)COCc2cc(-c4cnc([C@@H]5CCCN5C(=O)[C@H](C(C)C)N(C)C(=O)O)[nH]4)ccc2-3)c[nH]1)C(C)C. The van der Waals surface area contributed by atoms with Crippen molar-refractivity contribution in [2.45, 2.75) is 90.8 Å². The molecule has 2 saturated heterocycles. The van der Waals surface area contributed by atoms with Gasteiger partial charge in [-0.2, -0.15) is 0 Å². The first-order chi connectivity index (χ1) is 27.4. The van der Waals surface area contributed by atoms with Crippen LogP contribution >= 0.6 is 0 Å². The molecule has 0 radical (unpaired) electrons. The van der Waals surface area contributed by atoms with E-state index in [4.69, 9.17) is 19.4 Å². The van der Waals surface area contributed by atoms with E-state index < -0.39 is 24.3 Å². The highest BCUT2D eigenvalue weighted by Gasteiger charge is 2.40. The summed E-state index contributed by atoms with van der Waals surface area (Å²) in [5.41, 5.74) is 7.71. The Labute approximate surface area is 332 Å². The van der Waals surface area contributed by atoms with Gasteiger partial charge in [-0.15, -0.1) is 0 Å². The van der Waals surface area contributed by atoms with Crippen LogP contribution < -0.4 is 5.32 Å². The highest BCUT2D eigenvalue weighted by molar-refractivity contribution is 5.87. The van der Waals surface area contributed by atoms with Crippen LogP contribution in [0.5, 0.6) is 0 Å². The number of likely N-dealkylation sites (N-methyl/N-ethyl adjacent to an activating group) is 1. The summed E-state index contributed by atoms with van der Waals surface area (Å²) in [6.07, 6.45) is 5.05. The van der Waals surface area contributed by atoms with E-state index in [1.54, 1.807) is 16.0 Å². The lowest BCUT2D eigenvalue weighted by atomic mass is 9.93. The lowest BCUT2D eigenvalue weighted by Gasteiger charge is -2.33. The van der Waals surface area contributed by atoms with Crippen molar-refractivity contribution in [2.75, 3.05) is 27.2 Å². The molecule has 4 amide bonds. The smallest absolute Gasteiger partial charge is 0.407 e. The van der Waals surface area contributed by atoms with Crippen molar-refractivity contribution >= 4 is 24.0 Å². The molecule has 0 spiro atoms. The molecule has 2 aromatic heterocycles. The maximum atomic E-state index is 13.7. The second-order valence-electron chi connectivity index (χ2n) is 15.9. The minimum absolute atomic E-state index is 0.117. The van der Waals surface area contributed by atoms with E-state index in [-0.39, 0.29) is 35.7 Å². The standard InChI is InChI=1S/C42H52N8O7/c1-23(2)35(47-41(53)56-6)39(51)49-15-7-9-33(49)37-43-19-31(45-37)25-11-13-29-27(17-25)21-57-22-28-18-26(12-14-30(28)29)32-20-44-38(46-32)34-10-8-16-50(34)40(52)36(24(3)4)48(5)42(54)55/h11-14,17-20,23-24,33-36H,7-10,15-16,21-22H2,1-6H3,(H,43,45)(H,44,46)(H,47,53)(H,54,55)/t33-,34-,35-,36-/m0/s1. The third kappa shape index (κ3) is 7.85. The number of benzene rings is 2. The monoisotopic (exact) mass is 780 g/mol. The maximum Gasteiger partial charge on any atom is 0.407 e. The summed E-state index contributed by atoms with van der Waals surface area (Å²) in [7, 11) is 2.74. The van der Waals surface area contributed by atoms with Crippen LogP contribution in [0.3, 0.4) is 0 Å². The quantitative estimate of drug-likeness (QED) is 0.139. The molecular weight excluding hydrogens is 729 g/mol.